The second-order valence-electron chi connectivity index (χ2n) is 8.20. The molecule has 3 aromatic carbocycles. The van der Waals surface area contributed by atoms with E-state index in [2.05, 4.69) is 51.3 Å². The van der Waals surface area contributed by atoms with E-state index in [9.17, 15) is 4.79 Å². The first-order chi connectivity index (χ1) is 17.1. The molecule has 7 heteroatoms. The summed E-state index contributed by atoms with van der Waals surface area (Å²) in [5, 5.41) is 13.7. The van der Waals surface area contributed by atoms with E-state index in [0.29, 0.717) is 11.7 Å². The zero-order valence-corrected chi connectivity index (χ0v) is 20.4. The average molecular weight is 480 g/mol. The lowest BCUT2D eigenvalue weighted by Crippen LogP contribution is -2.14. The number of benzene rings is 3. The normalized spacial score (nSPS) is 11.0. The molecule has 0 saturated carbocycles. The molecule has 0 fully saturated rings. The average Bonchev–Trinajstić information content (AvgIpc) is 3.30. The van der Waals surface area contributed by atoms with Crippen molar-refractivity contribution in [1.29, 1.82) is 0 Å². The molecule has 5 aromatic rings. The maximum absolute atomic E-state index is 12.6. The highest BCUT2D eigenvalue weighted by molar-refractivity contribution is 7.99. The Kier molecular flexibility index (Phi) is 6.59. The summed E-state index contributed by atoms with van der Waals surface area (Å²) in [4.78, 5) is 17.4. The van der Waals surface area contributed by atoms with Crippen LogP contribution < -0.4 is 5.32 Å². The maximum atomic E-state index is 12.6. The monoisotopic (exact) mass is 479 g/mol. The molecular formula is C28H25N5OS. The van der Waals surface area contributed by atoms with Crippen LogP contribution in [-0.4, -0.2) is 31.4 Å². The Hall–Kier alpha value is -3.97. The van der Waals surface area contributed by atoms with E-state index >= 15 is 0 Å². The van der Waals surface area contributed by atoms with Crippen LogP contribution in [0.15, 0.2) is 90.1 Å². The number of aryl methyl sites for hydroxylation is 1. The van der Waals surface area contributed by atoms with Crippen molar-refractivity contribution >= 4 is 34.3 Å². The van der Waals surface area contributed by atoms with Crippen LogP contribution in [0.3, 0.4) is 0 Å². The van der Waals surface area contributed by atoms with Crippen LogP contribution in [0.25, 0.3) is 33.5 Å². The molecule has 0 radical (unpaired) electrons. The summed E-state index contributed by atoms with van der Waals surface area (Å²) in [6, 6.07) is 28.1. The molecule has 5 rings (SSSR count). The van der Waals surface area contributed by atoms with Crippen LogP contribution in [0, 0.1) is 6.92 Å². The van der Waals surface area contributed by atoms with Crippen LogP contribution in [0.1, 0.15) is 12.5 Å². The van der Waals surface area contributed by atoms with Crippen LogP contribution in [0.4, 0.5) is 5.69 Å². The Morgan fingerprint density at radius 1 is 0.943 bits per heavy atom. The number of amides is 1. The minimum Gasteiger partial charge on any atom is -0.325 e. The van der Waals surface area contributed by atoms with Crippen LogP contribution >= 0.6 is 11.8 Å². The second kappa shape index (κ2) is 10.1. The number of nitrogens with zero attached hydrogens (tertiary/aromatic N) is 4. The minimum atomic E-state index is -0.0754. The molecule has 6 nitrogen and oxygen atoms in total. The van der Waals surface area contributed by atoms with Gasteiger partial charge in [-0.1, -0.05) is 72.4 Å². The molecule has 0 spiro atoms. The highest BCUT2D eigenvalue weighted by Gasteiger charge is 2.18. The van der Waals surface area contributed by atoms with Gasteiger partial charge in [0.15, 0.2) is 11.0 Å². The van der Waals surface area contributed by atoms with E-state index in [4.69, 9.17) is 4.98 Å². The third kappa shape index (κ3) is 4.95. The van der Waals surface area contributed by atoms with Gasteiger partial charge >= 0.3 is 0 Å². The van der Waals surface area contributed by atoms with Gasteiger partial charge in [0.05, 0.1) is 17.0 Å². The van der Waals surface area contributed by atoms with E-state index in [1.807, 2.05) is 67.6 Å². The Morgan fingerprint density at radius 2 is 1.74 bits per heavy atom. The van der Waals surface area contributed by atoms with Gasteiger partial charge in [-0.15, -0.1) is 10.2 Å². The van der Waals surface area contributed by atoms with E-state index < -0.39 is 0 Å². The summed E-state index contributed by atoms with van der Waals surface area (Å²) in [6.45, 7) is 4.74. The molecule has 1 amide bonds. The van der Waals surface area contributed by atoms with E-state index in [1.54, 1.807) is 0 Å². The lowest BCUT2D eigenvalue weighted by atomic mass is 10.0. The second-order valence-corrected chi connectivity index (χ2v) is 9.14. The first-order valence-corrected chi connectivity index (χ1v) is 12.5. The number of thioether (sulfide) groups is 1. The molecule has 2 aromatic heterocycles. The number of anilines is 1. The Labute approximate surface area is 208 Å². The highest BCUT2D eigenvalue weighted by atomic mass is 32.2. The number of rotatable bonds is 7. The van der Waals surface area contributed by atoms with E-state index in [-0.39, 0.29) is 11.7 Å². The smallest absolute Gasteiger partial charge is 0.234 e. The van der Waals surface area contributed by atoms with Gasteiger partial charge < -0.3 is 9.88 Å². The number of fused-ring (bicyclic) bond motifs is 1. The summed E-state index contributed by atoms with van der Waals surface area (Å²) < 4.78 is 2.06. The molecule has 174 valence electrons. The number of nitrogens with one attached hydrogen (secondary N) is 1. The van der Waals surface area contributed by atoms with Crippen molar-refractivity contribution in [2.24, 2.45) is 0 Å². The van der Waals surface area contributed by atoms with Crippen molar-refractivity contribution in [1.82, 2.24) is 19.7 Å². The number of carbonyl (C=O) groups excluding carboxylic acids is 1. The van der Waals surface area contributed by atoms with Crippen LogP contribution in [0.5, 0.6) is 0 Å². The number of hydrogen-bond donors (Lipinski definition) is 1. The first kappa shape index (κ1) is 22.8. The van der Waals surface area contributed by atoms with Gasteiger partial charge in [-0.3, -0.25) is 4.79 Å². The fraction of sp³-hybridized carbons (Fsp3) is 0.143. The fourth-order valence-electron chi connectivity index (χ4n) is 4.05. The molecule has 0 saturated heterocycles. The molecule has 0 bridgehead atoms. The zero-order valence-electron chi connectivity index (χ0n) is 19.6. The van der Waals surface area contributed by atoms with Crippen molar-refractivity contribution in [2.45, 2.75) is 25.5 Å². The molecule has 0 unspecified atom stereocenters. The topological polar surface area (TPSA) is 72.7 Å². The lowest BCUT2D eigenvalue weighted by molar-refractivity contribution is -0.113. The van der Waals surface area contributed by atoms with Gasteiger partial charge in [-0.05, 0) is 43.7 Å². The molecule has 0 aliphatic carbocycles. The Balaban J connectivity index is 1.46. The van der Waals surface area contributed by atoms with E-state index in [0.717, 1.165) is 44.8 Å². The third-order valence-corrected chi connectivity index (χ3v) is 6.66. The molecule has 0 aliphatic heterocycles. The quantitative estimate of drug-likeness (QED) is 0.281. The number of pyridine rings is 1. The molecular weight excluding hydrogens is 454 g/mol. The van der Waals surface area contributed by atoms with Gasteiger partial charge in [0, 0.05) is 28.7 Å². The lowest BCUT2D eigenvalue weighted by Gasteiger charge is -2.12. The summed E-state index contributed by atoms with van der Waals surface area (Å²) in [6.07, 6.45) is 0. The molecule has 2 heterocycles. The number of hydrogen-bond acceptors (Lipinski definition) is 5. The first-order valence-electron chi connectivity index (χ1n) is 11.5. The van der Waals surface area contributed by atoms with Gasteiger partial charge in [-0.25, -0.2) is 4.98 Å². The van der Waals surface area contributed by atoms with Crippen molar-refractivity contribution < 1.29 is 4.79 Å². The van der Waals surface area contributed by atoms with Gasteiger partial charge in [0.25, 0.3) is 0 Å². The summed E-state index contributed by atoms with van der Waals surface area (Å²) in [7, 11) is 0. The van der Waals surface area contributed by atoms with Crippen LogP contribution in [-0.2, 0) is 11.3 Å². The molecule has 1 N–H and O–H groups in total. The van der Waals surface area contributed by atoms with Crippen molar-refractivity contribution in [3.05, 3.63) is 90.5 Å². The summed E-state index contributed by atoms with van der Waals surface area (Å²) in [5.74, 6) is 0.941. The SMILES string of the molecule is CCn1c(SCC(=O)Nc2cccc(C)c2)nnc1-c1cc(-c2ccccc2)nc2ccccc12. The predicted octanol–water partition coefficient (Wildman–Crippen LogP) is 6.22. The molecule has 35 heavy (non-hydrogen) atoms. The van der Waals surface area contributed by atoms with E-state index in [1.165, 1.54) is 11.8 Å². The molecule has 0 aliphatic rings. The van der Waals surface area contributed by atoms with Crippen molar-refractivity contribution in [2.75, 3.05) is 11.1 Å². The summed E-state index contributed by atoms with van der Waals surface area (Å²) in [5.41, 5.74) is 5.71. The number of carbonyl (C=O) groups is 1. The Bertz CT molecular complexity index is 1500. The standard InChI is InChI=1S/C28H25N5OS/c1-3-33-27(31-32-28(33)35-18-26(34)29-21-13-9-10-19(2)16-21)23-17-25(20-11-5-4-6-12-20)30-24-15-8-7-14-22(23)24/h4-17H,3,18H2,1-2H3,(H,29,34). The predicted molar refractivity (Wildman–Crippen MR) is 142 cm³/mol. The van der Waals surface area contributed by atoms with Gasteiger partial charge in [-0.2, -0.15) is 0 Å². The maximum Gasteiger partial charge on any atom is 0.234 e. The Morgan fingerprint density at radius 3 is 2.54 bits per heavy atom. The molecule has 0 atom stereocenters. The fourth-order valence-corrected chi connectivity index (χ4v) is 4.85. The van der Waals surface area contributed by atoms with Gasteiger partial charge in [0.2, 0.25) is 5.91 Å². The number of aromatic nitrogens is 4. The largest absolute Gasteiger partial charge is 0.325 e. The number of para-hydroxylation sites is 1. The minimum absolute atomic E-state index is 0.0754. The van der Waals surface area contributed by atoms with Crippen LogP contribution in [0.2, 0.25) is 0 Å². The van der Waals surface area contributed by atoms with Crippen molar-refractivity contribution in [3.8, 4) is 22.6 Å². The summed E-state index contributed by atoms with van der Waals surface area (Å²) >= 11 is 1.39. The zero-order chi connectivity index (χ0) is 24.2. The third-order valence-electron chi connectivity index (χ3n) is 5.69. The van der Waals surface area contributed by atoms with Crippen molar-refractivity contribution in [3.63, 3.8) is 0 Å². The van der Waals surface area contributed by atoms with Gasteiger partial charge in [0.1, 0.15) is 0 Å². The highest BCUT2D eigenvalue weighted by Crippen LogP contribution is 2.33.